The van der Waals surface area contributed by atoms with Gasteiger partial charge in [0.25, 0.3) is 0 Å². The molecule has 0 fully saturated rings. The Balaban J connectivity index is 0.000000454. The first-order valence-electron chi connectivity index (χ1n) is 19.6. The van der Waals surface area contributed by atoms with Crippen molar-refractivity contribution in [2.24, 2.45) is 0 Å². The van der Waals surface area contributed by atoms with Crippen LogP contribution in [0.5, 0.6) is 0 Å². The van der Waals surface area contributed by atoms with Crippen LogP contribution in [0.1, 0.15) is 178 Å². The van der Waals surface area contributed by atoms with Gasteiger partial charge in [0.15, 0.2) is 0 Å². The molecular formula is C43H75ISi. The van der Waals surface area contributed by atoms with E-state index in [0.717, 1.165) is 0 Å². The molecule has 0 unspecified atom stereocenters. The molecule has 258 valence electrons. The molecule has 0 aliphatic rings. The van der Waals surface area contributed by atoms with E-state index in [1.807, 2.05) is 0 Å². The molecule has 2 rings (SSSR count). The Morgan fingerprint density at radius 3 is 0.911 bits per heavy atom. The average Bonchev–Trinajstić information content (AvgIpc) is 3.00. The van der Waals surface area contributed by atoms with E-state index in [9.17, 15) is 0 Å². The van der Waals surface area contributed by atoms with Crippen molar-refractivity contribution in [1.82, 2.24) is 0 Å². The SMILES string of the molecule is CCCCCCCc1cc(CCCCCCC)cc([Si](C)(C)C)c1.CCCCCCCc1cc(I)cc(CCCCCCC)c1. The molecule has 0 nitrogen and oxygen atoms in total. The Hall–Kier alpha value is -0.613. The minimum absolute atomic E-state index is 1.22. The lowest BCUT2D eigenvalue weighted by molar-refractivity contribution is 0.628. The van der Waals surface area contributed by atoms with Crippen LogP contribution in [0.25, 0.3) is 0 Å². The third-order valence-electron chi connectivity index (χ3n) is 9.21. The first kappa shape index (κ1) is 42.4. The quantitative estimate of drug-likeness (QED) is 0.0539. The van der Waals surface area contributed by atoms with Crippen molar-refractivity contribution in [1.29, 1.82) is 0 Å². The molecule has 0 radical (unpaired) electrons. The molecule has 0 aliphatic heterocycles. The zero-order valence-electron chi connectivity index (χ0n) is 31.3. The minimum Gasteiger partial charge on any atom is -0.0656 e. The molecule has 0 N–H and O–H groups in total. The molecule has 45 heavy (non-hydrogen) atoms. The molecule has 0 saturated heterocycles. The predicted molar refractivity (Wildman–Crippen MR) is 218 cm³/mol. The first-order valence-corrected chi connectivity index (χ1v) is 24.2. The second-order valence-electron chi connectivity index (χ2n) is 14.9. The van der Waals surface area contributed by atoms with Crippen LogP contribution in [0, 0.1) is 3.57 Å². The summed E-state index contributed by atoms with van der Waals surface area (Å²) >= 11 is 2.48. The second kappa shape index (κ2) is 27.3. The van der Waals surface area contributed by atoms with Crippen molar-refractivity contribution >= 4 is 35.9 Å². The maximum atomic E-state index is 2.53. The third-order valence-corrected chi connectivity index (χ3v) is 11.9. The van der Waals surface area contributed by atoms with Crippen molar-refractivity contribution < 1.29 is 0 Å². The van der Waals surface area contributed by atoms with Crippen LogP contribution < -0.4 is 5.19 Å². The number of halogens is 1. The number of aryl methyl sites for hydroxylation is 4. The van der Waals surface area contributed by atoms with Crippen LogP contribution in [0.15, 0.2) is 36.4 Å². The molecular weight excluding hydrogens is 671 g/mol. The Morgan fingerprint density at radius 1 is 0.378 bits per heavy atom. The van der Waals surface area contributed by atoms with Gasteiger partial charge in [-0.25, -0.2) is 0 Å². The highest BCUT2D eigenvalue weighted by molar-refractivity contribution is 14.1. The van der Waals surface area contributed by atoms with Gasteiger partial charge < -0.3 is 0 Å². The largest absolute Gasteiger partial charge is 0.0776 e. The summed E-state index contributed by atoms with van der Waals surface area (Å²) in [6, 6.07) is 14.8. The maximum Gasteiger partial charge on any atom is 0.0776 e. The van der Waals surface area contributed by atoms with Crippen molar-refractivity contribution in [3.05, 3.63) is 62.2 Å². The number of benzene rings is 2. The van der Waals surface area contributed by atoms with Crippen LogP contribution in [-0.4, -0.2) is 8.07 Å². The van der Waals surface area contributed by atoms with Gasteiger partial charge in [-0.1, -0.05) is 180 Å². The molecule has 0 saturated carbocycles. The fraction of sp³-hybridized carbons (Fsp3) is 0.721. The van der Waals surface area contributed by atoms with Crippen molar-refractivity contribution in [3.63, 3.8) is 0 Å². The van der Waals surface area contributed by atoms with E-state index < -0.39 is 8.07 Å². The summed E-state index contributed by atoms with van der Waals surface area (Å²) in [5.41, 5.74) is 6.33. The van der Waals surface area contributed by atoms with E-state index >= 15 is 0 Å². The lowest BCUT2D eigenvalue weighted by atomic mass is 10.00. The monoisotopic (exact) mass is 746 g/mol. The summed E-state index contributed by atoms with van der Waals surface area (Å²) in [5.74, 6) is 0. The first-order chi connectivity index (χ1) is 21.7. The zero-order valence-corrected chi connectivity index (χ0v) is 34.5. The number of unbranched alkanes of at least 4 members (excludes halogenated alkanes) is 16. The molecule has 0 amide bonds. The zero-order chi connectivity index (χ0) is 33.2. The van der Waals surface area contributed by atoms with Crippen LogP contribution in [-0.2, 0) is 25.7 Å². The standard InChI is InChI=1S/C23H42Si.C20H33I/c1-6-8-10-12-14-16-21-18-22(17-15-13-11-9-7-2)20-23(19-21)24(3,4)5;1-3-5-7-9-11-13-18-15-19(17-20(21)16-18)14-12-10-8-6-4-2/h18-20H,6-17H2,1-5H3;15-17H,3-14H2,1-2H3. The van der Waals surface area contributed by atoms with Crippen LogP contribution in [0.3, 0.4) is 0 Å². The van der Waals surface area contributed by atoms with Gasteiger partial charge >= 0.3 is 0 Å². The molecule has 0 atom stereocenters. The molecule has 0 aromatic heterocycles. The van der Waals surface area contributed by atoms with Gasteiger partial charge in [-0.15, -0.1) is 0 Å². The molecule has 2 aromatic carbocycles. The van der Waals surface area contributed by atoms with E-state index in [0.29, 0.717) is 0 Å². The molecule has 2 aromatic rings. The van der Waals surface area contributed by atoms with Gasteiger partial charge in [-0.2, -0.15) is 0 Å². The van der Waals surface area contributed by atoms with Crippen LogP contribution in [0.2, 0.25) is 19.6 Å². The normalized spacial score (nSPS) is 11.5. The molecule has 0 bridgehead atoms. The number of rotatable bonds is 25. The number of hydrogen-bond donors (Lipinski definition) is 0. The summed E-state index contributed by atoms with van der Waals surface area (Å²) in [6.07, 6.45) is 32.7. The smallest absolute Gasteiger partial charge is 0.0656 e. The molecule has 0 heterocycles. The summed E-state index contributed by atoms with van der Waals surface area (Å²) in [6.45, 7) is 16.6. The van der Waals surface area contributed by atoms with Gasteiger partial charge in [-0.3, -0.25) is 0 Å². The summed E-state index contributed by atoms with van der Waals surface area (Å²) < 4.78 is 1.42. The van der Waals surface area contributed by atoms with Crippen LogP contribution >= 0.6 is 22.6 Å². The van der Waals surface area contributed by atoms with Gasteiger partial charge in [0.1, 0.15) is 0 Å². The van der Waals surface area contributed by atoms with E-state index in [-0.39, 0.29) is 0 Å². The third kappa shape index (κ3) is 22.6. The van der Waals surface area contributed by atoms with E-state index in [4.69, 9.17) is 0 Å². The molecule has 2 heteroatoms. The highest BCUT2D eigenvalue weighted by Gasteiger charge is 2.17. The number of hydrogen-bond acceptors (Lipinski definition) is 0. The Labute approximate surface area is 297 Å². The van der Waals surface area contributed by atoms with Gasteiger partial charge in [0.2, 0.25) is 0 Å². The summed E-state index contributed by atoms with van der Waals surface area (Å²) in [7, 11) is -1.22. The summed E-state index contributed by atoms with van der Waals surface area (Å²) in [4.78, 5) is 0. The van der Waals surface area contributed by atoms with Gasteiger partial charge in [0, 0.05) is 3.57 Å². The van der Waals surface area contributed by atoms with E-state index in [2.05, 4.69) is 106 Å². The topological polar surface area (TPSA) is 0 Å². The minimum atomic E-state index is -1.22. The highest BCUT2D eigenvalue weighted by atomic mass is 127. The summed E-state index contributed by atoms with van der Waals surface area (Å²) in [5, 5.41) is 1.66. The Bertz CT molecular complexity index is 908. The van der Waals surface area contributed by atoms with Crippen molar-refractivity contribution in [2.75, 3.05) is 0 Å². The van der Waals surface area contributed by atoms with E-state index in [1.54, 1.807) is 27.4 Å². The molecule has 0 spiro atoms. The van der Waals surface area contributed by atoms with Crippen molar-refractivity contribution in [3.8, 4) is 0 Å². The predicted octanol–water partition coefficient (Wildman–Crippen LogP) is 14.6. The lowest BCUT2D eigenvalue weighted by Gasteiger charge is -2.20. The fourth-order valence-corrected chi connectivity index (χ4v) is 8.26. The van der Waals surface area contributed by atoms with Crippen LogP contribution in [0.4, 0.5) is 0 Å². The highest BCUT2D eigenvalue weighted by Crippen LogP contribution is 2.19. The second-order valence-corrected chi connectivity index (χ2v) is 21.2. The van der Waals surface area contributed by atoms with E-state index in [1.165, 1.54) is 158 Å². The lowest BCUT2D eigenvalue weighted by Crippen LogP contribution is -2.38. The van der Waals surface area contributed by atoms with Gasteiger partial charge in [0.05, 0.1) is 8.07 Å². The maximum absolute atomic E-state index is 2.53. The molecule has 0 aliphatic carbocycles. The Morgan fingerprint density at radius 2 is 0.644 bits per heavy atom. The average molecular weight is 747 g/mol. The Kier molecular flexibility index (Phi) is 25.8. The fourth-order valence-electron chi connectivity index (χ4n) is 6.22. The van der Waals surface area contributed by atoms with Gasteiger partial charge in [-0.05, 0) is 108 Å². The van der Waals surface area contributed by atoms with Crippen molar-refractivity contribution in [2.45, 2.75) is 201 Å².